The van der Waals surface area contributed by atoms with Gasteiger partial charge in [0.15, 0.2) is 17.5 Å². The molecule has 1 aliphatic rings. The Kier molecular flexibility index (Phi) is 11.1. The van der Waals surface area contributed by atoms with Crippen LogP contribution in [0.1, 0.15) is 25.0 Å². The van der Waals surface area contributed by atoms with Crippen LogP contribution in [0.5, 0.6) is 0 Å². The number of fused-ring (bicyclic) bond motifs is 14. The molecule has 412 valence electrons. The highest BCUT2D eigenvalue weighted by Gasteiger charge is 2.36. The topological polar surface area (TPSA) is 61.4 Å². The lowest BCUT2D eigenvalue weighted by Gasteiger charge is -2.21. The summed E-state index contributed by atoms with van der Waals surface area (Å²) in [6.07, 6.45) is 0. The average Bonchev–Trinajstić information content (AvgIpc) is 1.60. The van der Waals surface area contributed by atoms with E-state index in [2.05, 4.69) is 284 Å². The zero-order valence-corrected chi connectivity index (χ0v) is 49.0. The van der Waals surface area contributed by atoms with E-state index in [1.54, 1.807) is 0 Å². The van der Waals surface area contributed by atoms with Gasteiger partial charge in [-0.1, -0.05) is 214 Å². The molecule has 0 fully saturated rings. The van der Waals surface area contributed by atoms with Crippen molar-refractivity contribution < 1.29 is 0 Å². The third-order valence-electron chi connectivity index (χ3n) is 18.4. The third kappa shape index (κ3) is 7.80. The van der Waals surface area contributed by atoms with Crippen LogP contribution in [0.3, 0.4) is 0 Å². The molecule has 0 aliphatic heterocycles. The molecule has 18 rings (SSSR count). The van der Waals surface area contributed by atoms with Crippen LogP contribution in [0.25, 0.3) is 165 Å². The Morgan fingerprint density at radius 1 is 0.307 bits per heavy atom. The number of nitrogens with zero attached hydrogens (tertiary/aromatic N) is 6. The van der Waals surface area contributed by atoms with Gasteiger partial charge in [0.1, 0.15) is 5.82 Å². The maximum Gasteiger partial charge on any atom is 0.164 e. The molecule has 0 unspecified atom stereocenters. The largest absolute Gasteiger partial charge is 0.309 e. The second-order valence-electron chi connectivity index (χ2n) is 23.7. The van der Waals surface area contributed by atoms with E-state index in [1.807, 2.05) is 29.5 Å². The Morgan fingerprint density at radius 2 is 0.875 bits per heavy atom. The highest BCUT2D eigenvalue weighted by Crippen LogP contribution is 2.51. The smallest absolute Gasteiger partial charge is 0.164 e. The van der Waals surface area contributed by atoms with Gasteiger partial charge in [-0.25, -0.2) is 19.9 Å². The second-order valence-corrected chi connectivity index (χ2v) is 24.8. The van der Waals surface area contributed by atoms with Gasteiger partial charge in [-0.3, -0.25) is 4.57 Å². The van der Waals surface area contributed by atoms with Crippen molar-refractivity contribution in [1.82, 2.24) is 29.1 Å². The molecule has 0 saturated carbocycles. The Hall–Kier alpha value is -11.1. The lowest BCUT2D eigenvalue weighted by molar-refractivity contribution is 0.661. The minimum atomic E-state index is -0.115. The highest BCUT2D eigenvalue weighted by atomic mass is 32.1. The van der Waals surface area contributed by atoms with E-state index in [9.17, 15) is 0 Å². The van der Waals surface area contributed by atoms with Gasteiger partial charge in [0.05, 0.1) is 27.6 Å². The summed E-state index contributed by atoms with van der Waals surface area (Å²) in [4.78, 5) is 20.9. The van der Waals surface area contributed by atoms with Gasteiger partial charge < -0.3 is 4.57 Å². The molecule has 12 aromatic carbocycles. The summed E-state index contributed by atoms with van der Waals surface area (Å²) in [5.41, 5.74) is 21.5. The number of thiophene rings is 1. The molecular formula is C81H52N6S. The van der Waals surface area contributed by atoms with Crippen LogP contribution in [-0.4, -0.2) is 29.1 Å². The molecule has 6 nitrogen and oxygen atoms in total. The first-order chi connectivity index (χ1) is 43.4. The summed E-state index contributed by atoms with van der Waals surface area (Å²) in [7, 11) is 0. The third-order valence-corrected chi connectivity index (χ3v) is 19.6. The predicted octanol–water partition coefficient (Wildman–Crippen LogP) is 21.3. The number of benzene rings is 12. The Balaban J connectivity index is 0.659. The van der Waals surface area contributed by atoms with E-state index >= 15 is 0 Å². The van der Waals surface area contributed by atoms with Crippen molar-refractivity contribution in [3.05, 3.63) is 290 Å². The van der Waals surface area contributed by atoms with Crippen molar-refractivity contribution in [2.24, 2.45) is 0 Å². The second kappa shape index (κ2) is 19.5. The van der Waals surface area contributed by atoms with E-state index < -0.39 is 0 Å². The zero-order chi connectivity index (χ0) is 58.2. The van der Waals surface area contributed by atoms with E-state index in [1.165, 1.54) is 75.0 Å². The number of hydrogen-bond donors (Lipinski definition) is 0. The number of aromatic nitrogens is 6. The summed E-state index contributed by atoms with van der Waals surface area (Å²) in [6.45, 7) is 4.70. The molecular weight excluding hydrogens is 1090 g/mol. The van der Waals surface area contributed by atoms with Crippen LogP contribution >= 0.6 is 11.3 Å². The summed E-state index contributed by atoms with van der Waals surface area (Å²) in [5.74, 6) is 2.76. The van der Waals surface area contributed by atoms with Crippen molar-refractivity contribution in [2.75, 3.05) is 0 Å². The zero-order valence-electron chi connectivity index (χ0n) is 48.1. The quantitative estimate of drug-likeness (QED) is 0.152. The SMILES string of the molecule is CC1(C)c2ccccc2-c2cc3c4ccccc4n(-c4ccc(-c5nc(-c6ccccc6)nc(-c6cccc(-c7ccc(-c8ccc(-c9cc(-n%10c%11ccccc%11c%11c%12sc%13ccccc%13c%12ccc%11%10)nc%10ccccc9%10)cc8)cc7)c6)n5)cc4)c3cc21. The van der Waals surface area contributed by atoms with E-state index in [0.29, 0.717) is 17.5 Å². The number of pyridine rings is 1. The Morgan fingerprint density at radius 3 is 1.64 bits per heavy atom. The van der Waals surface area contributed by atoms with Crippen molar-refractivity contribution in [2.45, 2.75) is 19.3 Å². The van der Waals surface area contributed by atoms with Crippen molar-refractivity contribution in [1.29, 1.82) is 0 Å². The molecule has 0 radical (unpaired) electrons. The van der Waals surface area contributed by atoms with Gasteiger partial charge in [-0.2, -0.15) is 0 Å². The predicted molar refractivity (Wildman–Crippen MR) is 367 cm³/mol. The van der Waals surface area contributed by atoms with E-state index in [4.69, 9.17) is 19.9 Å². The molecule has 88 heavy (non-hydrogen) atoms. The van der Waals surface area contributed by atoms with E-state index in [0.717, 1.165) is 83.5 Å². The van der Waals surface area contributed by atoms with Crippen LogP contribution in [0.2, 0.25) is 0 Å². The lowest BCUT2D eigenvalue weighted by atomic mass is 9.82. The first kappa shape index (κ1) is 50.2. The van der Waals surface area contributed by atoms with E-state index in [-0.39, 0.29) is 5.41 Å². The fraction of sp³-hybridized carbons (Fsp3) is 0.0370. The van der Waals surface area contributed by atoms with Gasteiger partial charge in [0.2, 0.25) is 0 Å². The summed E-state index contributed by atoms with van der Waals surface area (Å²) >= 11 is 1.88. The normalized spacial score (nSPS) is 12.8. The molecule has 5 aromatic heterocycles. The van der Waals surface area contributed by atoms with Gasteiger partial charge >= 0.3 is 0 Å². The average molecular weight is 1140 g/mol. The lowest BCUT2D eigenvalue weighted by Crippen LogP contribution is -2.14. The standard InChI is InChI=1S/C81H52N6S/c1-81(2)67-26-11-6-21-58(67)65-46-66-60-23-8-13-28-70(60)86(73(66)48-68(65)81)57-41-39-54(40-42-57)79-83-78(53-17-4-3-5-18-53)84-80(85-79)56-20-16-19-55(45-56)51-33-31-49(32-34-51)50-35-37-52(38-36-50)64-47-75(82-69-27-12-7-22-59(64)69)87-71-29-14-9-25-63(71)76-72(87)44-43-62-61-24-10-15-30-74(61)88-77(62)76/h3-48H,1-2H3. The molecule has 7 heteroatoms. The molecule has 0 atom stereocenters. The van der Waals surface area contributed by atoms with Crippen molar-refractivity contribution in [3.8, 4) is 90.2 Å². The monoisotopic (exact) mass is 1140 g/mol. The van der Waals surface area contributed by atoms with Crippen LogP contribution in [-0.2, 0) is 5.41 Å². The Labute approximate surface area is 511 Å². The number of rotatable bonds is 8. The summed E-state index contributed by atoms with van der Waals surface area (Å²) < 4.78 is 7.38. The molecule has 0 N–H and O–H groups in total. The van der Waals surface area contributed by atoms with Crippen molar-refractivity contribution in [3.63, 3.8) is 0 Å². The summed E-state index contributed by atoms with van der Waals surface area (Å²) in [5, 5.41) is 8.71. The number of hydrogen-bond acceptors (Lipinski definition) is 5. The van der Waals surface area contributed by atoms with Crippen LogP contribution in [0, 0.1) is 0 Å². The van der Waals surface area contributed by atoms with Gasteiger partial charge in [-0.05, 0) is 134 Å². The van der Waals surface area contributed by atoms with Crippen molar-refractivity contribution >= 4 is 86.0 Å². The first-order valence-electron chi connectivity index (χ1n) is 30.0. The van der Waals surface area contributed by atoms with Crippen LogP contribution < -0.4 is 0 Å². The fourth-order valence-corrected chi connectivity index (χ4v) is 15.3. The molecule has 0 amide bonds. The van der Waals surface area contributed by atoms with Gasteiger partial charge in [0, 0.05) is 74.9 Å². The molecule has 1 aliphatic carbocycles. The molecule has 17 aromatic rings. The van der Waals surface area contributed by atoms with Gasteiger partial charge in [0.25, 0.3) is 0 Å². The highest BCUT2D eigenvalue weighted by molar-refractivity contribution is 7.26. The number of para-hydroxylation sites is 3. The summed E-state index contributed by atoms with van der Waals surface area (Å²) in [6, 6.07) is 101. The maximum atomic E-state index is 5.37. The Bertz CT molecular complexity index is 5700. The molecule has 0 saturated heterocycles. The minimum absolute atomic E-state index is 0.115. The maximum absolute atomic E-state index is 5.37. The molecule has 0 bridgehead atoms. The first-order valence-corrected chi connectivity index (χ1v) is 30.8. The van der Waals surface area contributed by atoms with Crippen LogP contribution in [0.15, 0.2) is 279 Å². The molecule has 5 heterocycles. The van der Waals surface area contributed by atoms with Gasteiger partial charge in [-0.15, -0.1) is 11.3 Å². The minimum Gasteiger partial charge on any atom is -0.309 e. The molecule has 0 spiro atoms. The fourth-order valence-electron chi connectivity index (χ4n) is 14.1. The van der Waals surface area contributed by atoms with Crippen LogP contribution in [0.4, 0.5) is 0 Å².